The topological polar surface area (TPSA) is 187 Å². The van der Waals surface area contributed by atoms with Gasteiger partial charge in [-0.15, -0.1) is 10.2 Å². The van der Waals surface area contributed by atoms with Crippen LogP contribution in [0.3, 0.4) is 0 Å². The molecule has 1 aromatic carbocycles. The van der Waals surface area contributed by atoms with Crippen molar-refractivity contribution in [1.82, 2.24) is 35.9 Å². The van der Waals surface area contributed by atoms with Crippen LogP contribution in [0.2, 0.25) is 0 Å². The van der Waals surface area contributed by atoms with Gasteiger partial charge in [-0.25, -0.2) is 31.9 Å². The van der Waals surface area contributed by atoms with Crippen LogP contribution in [-0.4, -0.2) is 65.8 Å². The quantitative estimate of drug-likeness (QED) is 0.432. The first-order chi connectivity index (χ1) is 14.2. The largest absolute Gasteiger partial charge is 0.314 e. The Hall–Kier alpha value is -2.81. The standard InChI is InChI=1S/C16H18N8O4S2/c1-2-13-19-5-9(6-20-13)11-3-4-12(29(25,26)10-7-18-8-10)15(30(17,27)28)14(11)16-21-23-24-22-16/h3-6,10,18H,2,7-8H2,1H3,(H2,17,27,28)(H,21,22,23,24). The van der Waals surface area contributed by atoms with E-state index in [9.17, 15) is 16.8 Å². The lowest BCUT2D eigenvalue weighted by Gasteiger charge is -2.28. The highest BCUT2D eigenvalue weighted by Crippen LogP contribution is 2.39. The summed E-state index contributed by atoms with van der Waals surface area (Å²) in [5.41, 5.74) is 0.687. The fraction of sp³-hybridized carbons (Fsp3) is 0.312. The highest BCUT2D eigenvalue weighted by atomic mass is 32.2. The van der Waals surface area contributed by atoms with Gasteiger partial charge in [0.05, 0.1) is 15.7 Å². The zero-order valence-corrected chi connectivity index (χ0v) is 17.4. The van der Waals surface area contributed by atoms with Crippen LogP contribution in [0.5, 0.6) is 0 Å². The summed E-state index contributed by atoms with van der Waals surface area (Å²) in [6, 6.07) is 2.71. The number of rotatable bonds is 6. The van der Waals surface area contributed by atoms with E-state index >= 15 is 0 Å². The number of hydrogen-bond donors (Lipinski definition) is 3. The first-order valence-electron chi connectivity index (χ1n) is 8.93. The zero-order chi connectivity index (χ0) is 21.5. The number of aryl methyl sites for hydroxylation is 1. The Kier molecular flexibility index (Phi) is 5.09. The zero-order valence-electron chi connectivity index (χ0n) is 15.8. The predicted octanol–water partition coefficient (Wildman–Crippen LogP) is -0.721. The third-order valence-corrected chi connectivity index (χ3v) is 8.08. The van der Waals surface area contributed by atoms with Crippen LogP contribution in [0.4, 0.5) is 0 Å². The van der Waals surface area contributed by atoms with Crippen molar-refractivity contribution in [3.63, 3.8) is 0 Å². The molecule has 0 atom stereocenters. The lowest BCUT2D eigenvalue weighted by Crippen LogP contribution is -2.51. The minimum Gasteiger partial charge on any atom is -0.314 e. The maximum Gasteiger partial charge on any atom is 0.240 e. The summed E-state index contributed by atoms with van der Waals surface area (Å²) in [7, 11) is -8.47. The van der Waals surface area contributed by atoms with Crippen molar-refractivity contribution < 1.29 is 16.8 Å². The van der Waals surface area contributed by atoms with E-state index in [2.05, 4.69) is 35.9 Å². The third-order valence-electron chi connectivity index (χ3n) is 4.80. The van der Waals surface area contributed by atoms with Crippen molar-refractivity contribution in [2.75, 3.05) is 13.1 Å². The molecule has 12 nitrogen and oxygen atoms in total. The van der Waals surface area contributed by atoms with E-state index in [4.69, 9.17) is 5.14 Å². The average molecular weight is 451 g/mol. The molecule has 0 aliphatic carbocycles. The summed E-state index contributed by atoms with van der Waals surface area (Å²) in [4.78, 5) is 7.48. The first-order valence-corrected chi connectivity index (χ1v) is 12.0. The number of primary sulfonamides is 1. The lowest BCUT2D eigenvalue weighted by molar-refractivity contribution is 0.493. The number of hydrogen-bond acceptors (Lipinski definition) is 10. The molecule has 1 aliphatic rings. The van der Waals surface area contributed by atoms with E-state index in [1.807, 2.05) is 6.92 Å². The molecule has 1 fully saturated rings. The minimum atomic E-state index is -4.50. The Morgan fingerprint density at radius 2 is 1.83 bits per heavy atom. The van der Waals surface area contributed by atoms with Crippen LogP contribution in [0.15, 0.2) is 34.3 Å². The SMILES string of the molecule is CCc1ncc(-c2ccc(S(=O)(=O)C3CNC3)c(S(N)(=O)=O)c2-c2nn[nH]n2)cn1. The van der Waals surface area contributed by atoms with Gasteiger partial charge in [-0.1, -0.05) is 13.0 Å². The fourth-order valence-electron chi connectivity index (χ4n) is 3.14. The molecule has 0 saturated carbocycles. The number of nitrogens with one attached hydrogen (secondary N) is 2. The fourth-order valence-corrected chi connectivity index (χ4v) is 6.32. The summed E-state index contributed by atoms with van der Waals surface area (Å²) in [6.07, 6.45) is 3.65. The van der Waals surface area contributed by atoms with Crippen LogP contribution in [0, 0.1) is 0 Å². The Bertz CT molecular complexity index is 1290. The average Bonchev–Trinajstić information content (AvgIpc) is 3.19. The number of nitrogens with zero attached hydrogens (tertiary/aromatic N) is 5. The van der Waals surface area contributed by atoms with Gasteiger partial charge in [-0.2, -0.15) is 5.21 Å². The normalized spacial score (nSPS) is 15.1. The second-order valence-corrected chi connectivity index (χ2v) is 10.4. The maximum atomic E-state index is 13.1. The molecule has 0 bridgehead atoms. The van der Waals surface area contributed by atoms with Crippen molar-refractivity contribution in [3.8, 4) is 22.5 Å². The number of aromatic amines is 1. The molecule has 0 spiro atoms. The Morgan fingerprint density at radius 1 is 1.13 bits per heavy atom. The van der Waals surface area contributed by atoms with Crippen LogP contribution in [0.25, 0.3) is 22.5 Å². The summed E-state index contributed by atoms with van der Waals surface area (Å²) in [6.45, 7) is 2.34. The van der Waals surface area contributed by atoms with Gasteiger partial charge < -0.3 is 5.32 Å². The minimum absolute atomic E-state index is 0.0764. The predicted molar refractivity (Wildman–Crippen MR) is 105 cm³/mol. The molecule has 0 amide bonds. The van der Waals surface area contributed by atoms with Crippen LogP contribution < -0.4 is 10.5 Å². The Labute approximate surface area is 172 Å². The lowest BCUT2D eigenvalue weighted by atomic mass is 10.0. The monoisotopic (exact) mass is 450 g/mol. The highest BCUT2D eigenvalue weighted by Gasteiger charge is 2.38. The van der Waals surface area contributed by atoms with Gasteiger partial charge in [0.2, 0.25) is 15.8 Å². The molecule has 4 N–H and O–H groups in total. The van der Waals surface area contributed by atoms with Crippen molar-refractivity contribution in [2.24, 2.45) is 5.14 Å². The third kappa shape index (κ3) is 3.47. The van der Waals surface area contributed by atoms with E-state index in [0.717, 1.165) is 0 Å². The molecule has 2 aromatic heterocycles. The van der Waals surface area contributed by atoms with Gasteiger partial charge in [0, 0.05) is 37.5 Å². The summed E-state index contributed by atoms with van der Waals surface area (Å²) < 4.78 is 51.4. The molecular formula is C16H18N8O4S2. The molecule has 0 radical (unpaired) electrons. The molecular weight excluding hydrogens is 432 g/mol. The molecule has 158 valence electrons. The van der Waals surface area contributed by atoms with Crippen molar-refractivity contribution >= 4 is 19.9 Å². The summed E-state index contributed by atoms with van der Waals surface area (Å²) >= 11 is 0. The number of tetrazole rings is 1. The van der Waals surface area contributed by atoms with Gasteiger partial charge in [-0.3, -0.25) is 0 Å². The van der Waals surface area contributed by atoms with Crippen molar-refractivity contribution in [3.05, 3.63) is 30.4 Å². The highest BCUT2D eigenvalue weighted by molar-refractivity contribution is 7.94. The van der Waals surface area contributed by atoms with Gasteiger partial charge >= 0.3 is 0 Å². The number of sulfonamides is 1. The van der Waals surface area contributed by atoms with Gasteiger partial charge in [0.15, 0.2) is 9.84 Å². The van der Waals surface area contributed by atoms with Crippen molar-refractivity contribution in [2.45, 2.75) is 28.4 Å². The van der Waals surface area contributed by atoms with Gasteiger partial charge in [0.1, 0.15) is 10.7 Å². The molecule has 3 aromatic rings. The maximum absolute atomic E-state index is 13.1. The summed E-state index contributed by atoms with van der Waals surface area (Å²) in [5.74, 6) is 0.487. The van der Waals surface area contributed by atoms with Crippen LogP contribution in [0.1, 0.15) is 12.7 Å². The molecule has 14 heteroatoms. The second-order valence-electron chi connectivity index (χ2n) is 6.66. The van der Waals surface area contributed by atoms with E-state index in [0.29, 0.717) is 23.4 Å². The number of H-pyrrole nitrogens is 1. The van der Waals surface area contributed by atoms with Crippen LogP contribution in [-0.2, 0) is 26.3 Å². The van der Waals surface area contributed by atoms with E-state index in [1.54, 1.807) is 0 Å². The Balaban J connectivity index is 2.06. The van der Waals surface area contributed by atoms with Crippen LogP contribution >= 0.6 is 0 Å². The number of benzene rings is 1. The smallest absolute Gasteiger partial charge is 0.240 e. The summed E-state index contributed by atoms with van der Waals surface area (Å²) in [5, 5.41) is 21.1. The number of aromatic nitrogens is 6. The second kappa shape index (κ2) is 7.46. The Morgan fingerprint density at radius 3 is 2.33 bits per heavy atom. The number of nitrogens with two attached hydrogens (primary N) is 1. The molecule has 3 heterocycles. The molecule has 4 rings (SSSR count). The van der Waals surface area contributed by atoms with E-state index in [1.165, 1.54) is 24.5 Å². The first kappa shape index (κ1) is 20.5. The molecule has 30 heavy (non-hydrogen) atoms. The van der Waals surface area contributed by atoms with Gasteiger partial charge in [-0.05, 0) is 16.8 Å². The van der Waals surface area contributed by atoms with E-state index < -0.39 is 34.9 Å². The van der Waals surface area contributed by atoms with Crippen molar-refractivity contribution in [1.29, 1.82) is 0 Å². The molecule has 0 unspecified atom stereocenters. The number of sulfone groups is 1. The molecule has 1 aliphatic heterocycles. The van der Waals surface area contributed by atoms with Gasteiger partial charge in [0.25, 0.3) is 0 Å². The van der Waals surface area contributed by atoms with E-state index in [-0.39, 0.29) is 24.5 Å². The molecule has 1 saturated heterocycles.